The van der Waals surface area contributed by atoms with Crippen molar-refractivity contribution >= 4 is 34.9 Å². The zero-order chi connectivity index (χ0) is 17.4. The van der Waals surface area contributed by atoms with Crippen molar-refractivity contribution in [1.82, 2.24) is 10.6 Å². The third-order valence-electron chi connectivity index (χ3n) is 3.73. The van der Waals surface area contributed by atoms with Crippen LogP contribution in [-0.4, -0.2) is 17.8 Å². The molecule has 1 saturated heterocycles. The van der Waals surface area contributed by atoms with Crippen LogP contribution in [-0.2, 0) is 9.59 Å². The lowest BCUT2D eigenvalue weighted by Crippen LogP contribution is -2.51. The monoisotopic (exact) mass is 326 g/mol. The summed E-state index contributed by atoms with van der Waals surface area (Å²) in [6.45, 7) is 4.00. The molecule has 1 fully saturated rings. The summed E-state index contributed by atoms with van der Waals surface area (Å²) in [5, 5.41) is 4.26. The first-order chi connectivity index (χ1) is 11.4. The molecule has 2 aromatic rings. The number of imide groups is 2. The van der Waals surface area contributed by atoms with E-state index in [1.165, 1.54) is 6.26 Å². The van der Waals surface area contributed by atoms with Gasteiger partial charge in [0, 0.05) is 0 Å². The summed E-state index contributed by atoms with van der Waals surface area (Å²) in [7, 11) is 0. The molecule has 0 aliphatic carbocycles. The molecule has 0 atom stereocenters. The van der Waals surface area contributed by atoms with Crippen molar-refractivity contribution in [1.29, 1.82) is 0 Å². The maximum Gasteiger partial charge on any atom is 0.328 e. The van der Waals surface area contributed by atoms with E-state index < -0.39 is 17.8 Å². The number of hydrogen-bond acceptors (Lipinski definition) is 5. The van der Waals surface area contributed by atoms with Crippen molar-refractivity contribution in [2.75, 3.05) is 0 Å². The fraction of sp³-hybridized carbons (Fsp3) is 0.176. The van der Waals surface area contributed by atoms with Gasteiger partial charge in [-0.05, 0) is 29.7 Å². The number of urea groups is 1. The largest absolute Gasteiger partial charge is 0.463 e. The van der Waals surface area contributed by atoms with Crippen molar-refractivity contribution in [2.45, 2.75) is 19.8 Å². The lowest BCUT2D eigenvalue weighted by atomic mass is 10.0. The van der Waals surface area contributed by atoms with Crippen molar-refractivity contribution < 1.29 is 18.8 Å². The minimum atomic E-state index is -0.894. The van der Waals surface area contributed by atoms with Crippen LogP contribution >= 0.6 is 0 Å². The maximum absolute atomic E-state index is 12.6. The van der Waals surface area contributed by atoms with Gasteiger partial charge >= 0.3 is 6.03 Å². The van der Waals surface area contributed by atoms with E-state index in [9.17, 15) is 19.2 Å². The molecule has 3 rings (SSSR count). The number of barbiturate groups is 1. The normalized spacial score (nSPS) is 14.8. The Morgan fingerprint density at radius 3 is 2.33 bits per heavy atom. The smallest absolute Gasteiger partial charge is 0.328 e. The average molecular weight is 326 g/mol. The average Bonchev–Trinajstić information content (AvgIpc) is 2.52. The topological polar surface area (TPSA) is 105 Å². The molecule has 1 aromatic carbocycles. The highest BCUT2D eigenvalue weighted by Crippen LogP contribution is 2.20. The van der Waals surface area contributed by atoms with Gasteiger partial charge in [-0.1, -0.05) is 19.9 Å². The third-order valence-corrected chi connectivity index (χ3v) is 3.73. The Morgan fingerprint density at radius 2 is 1.71 bits per heavy atom. The molecule has 0 bridgehead atoms. The Balaban J connectivity index is 2.13. The van der Waals surface area contributed by atoms with Gasteiger partial charge in [-0.15, -0.1) is 0 Å². The molecule has 122 valence electrons. The van der Waals surface area contributed by atoms with Crippen LogP contribution in [0.4, 0.5) is 4.79 Å². The fourth-order valence-corrected chi connectivity index (χ4v) is 2.38. The van der Waals surface area contributed by atoms with Gasteiger partial charge in [0.2, 0.25) is 0 Å². The quantitative estimate of drug-likeness (QED) is 0.645. The standard InChI is InChI=1S/C17H14N2O5/c1-8(2)9-3-4-13-11(5-9)14(20)10(7-24-13)6-12-15(21)18-17(23)19-16(12)22/h3-8H,1-2H3,(H2,18,19,21,22,23). The van der Waals surface area contributed by atoms with Gasteiger partial charge in [-0.25, -0.2) is 4.79 Å². The van der Waals surface area contributed by atoms with Gasteiger partial charge in [-0.3, -0.25) is 25.0 Å². The molecule has 2 N–H and O–H groups in total. The lowest BCUT2D eigenvalue weighted by Gasteiger charge is -2.13. The second kappa shape index (κ2) is 5.77. The Morgan fingerprint density at radius 1 is 1.04 bits per heavy atom. The van der Waals surface area contributed by atoms with Gasteiger partial charge in [0.05, 0.1) is 10.9 Å². The van der Waals surface area contributed by atoms with Gasteiger partial charge in [0.15, 0.2) is 5.43 Å². The number of rotatable bonds is 2. The molecule has 7 heteroatoms. The molecule has 4 amide bonds. The molecule has 0 spiro atoms. The summed E-state index contributed by atoms with van der Waals surface area (Å²) in [5.74, 6) is -1.49. The lowest BCUT2D eigenvalue weighted by molar-refractivity contribution is -0.123. The molecule has 24 heavy (non-hydrogen) atoms. The van der Waals surface area contributed by atoms with E-state index in [4.69, 9.17) is 4.42 Å². The molecule has 1 aromatic heterocycles. The fourth-order valence-electron chi connectivity index (χ4n) is 2.38. The Labute approximate surface area is 136 Å². The summed E-state index contributed by atoms with van der Waals surface area (Å²) in [6.07, 6.45) is 2.30. The second-order valence-electron chi connectivity index (χ2n) is 5.73. The van der Waals surface area contributed by atoms with Gasteiger partial charge < -0.3 is 4.42 Å². The number of benzene rings is 1. The van der Waals surface area contributed by atoms with Gasteiger partial charge in [0.25, 0.3) is 11.8 Å². The minimum absolute atomic E-state index is 0.0538. The summed E-state index contributed by atoms with van der Waals surface area (Å²) in [4.78, 5) is 47.2. The number of carbonyl (C=O) groups is 3. The van der Waals surface area contributed by atoms with E-state index in [-0.39, 0.29) is 22.5 Å². The minimum Gasteiger partial charge on any atom is -0.463 e. The molecule has 1 aliphatic heterocycles. The van der Waals surface area contributed by atoms with E-state index in [2.05, 4.69) is 0 Å². The number of amides is 4. The third kappa shape index (κ3) is 2.71. The first-order valence-corrected chi connectivity index (χ1v) is 7.30. The molecular formula is C17H14N2O5. The predicted molar refractivity (Wildman–Crippen MR) is 86.2 cm³/mol. The van der Waals surface area contributed by atoms with E-state index in [0.29, 0.717) is 11.0 Å². The zero-order valence-electron chi connectivity index (χ0n) is 13.0. The van der Waals surface area contributed by atoms with E-state index in [1.807, 2.05) is 30.5 Å². The molecule has 1 aliphatic rings. The summed E-state index contributed by atoms with van der Waals surface area (Å²) in [6, 6.07) is 4.43. The van der Waals surface area contributed by atoms with Crippen LogP contribution in [0.15, 0.2) is 39.2 Å². The highest BCUT2D eigenvalue weighted by molar-refractivity contribution is 6.31. The van der Waals surface area contributed by atoms with Gasteiger partial charge in [0.1, 0.15) is 17.4 Å². The zero-order valence-corrected chi connectivity index (χ0v) is 13.0. The van der Waals surface area contributed by atoms with Crippen molar-refractivity contribution in [3.05, 3.63) is 51.4 Å². The van der Waals surface area contributed by atoms with Crippen molar-refractivity contribution in [3.8, 4) is 0 Å². The van der Waals surface area contributed by atoms with Crippen LogP contribution in [0.3, 0.4) is 0 Å². The van der Waals surface area contributed by atoms with E-state index >= 15 is 0 Å². The first-order valence-electron chi connectivity index (χ1n) is 7.30. The Kier molecular flexibility index (Phi) is 3.76. The second-order valence-corrected chi connectivity index (χ2v) is 5.73. The SMILES string of the molecule is CC(C)c1ccc2occ(C=C3C(=O)NC(=O)NC3=O)c(=O)c2c1. The first kappa shape index (κ1) is 15.7. The van der Waals surface area contributed by atoms with Crippen molar-refractivity contribution in [2.24, 2.45) is 0 Å². The Bertz CT molecular complexity index is 947. The van der Waals surface area contributed by atoms with Crippen molar-refractivity contribution in [3.63, 3.8) is 0 Å². The summed E-state index contributed by atoms with van der Waals surface area (Å²) in [5.41, 5.74) is 0.751. The highest BCUT2D eigenvalue weighted by atomic mass is 16.3. The Hall–Kier alpha value is -3.22. The van der Waals surface area contributed by atoms with Gasteiger partial charge in [-0.2, -0.15) is 0 Å². The van der Waals surface area contributed by atoms with E-state index in [1.54, 1.807) is 12.1 Å². The predicted octanol–water partition coefficient (Wildman–Crippen LogP) is 1.67. The molecule has 0 radical (unpaired) electrons. The van der Waals surface area contributed by atoms with Crippen LogP contribution in [0.25, 0.3) is 17.0 Å². The van der Waals surface area contributed by atoms with Crippen LogP contribution in [0, 0.1) is 0 Å². The molecule has 0 saturated carbocycles. The van der Waals surface area contributed by atoms with E-state index in [0.717, 1.165) is 11.6 Å². The maximum atomic E-state index is 12.6. The highest BCUT2D eigenvalue weighted by Gasteiger charge is 2.28. The number of fused-ring (bicyclic) bond motifs is 1. The molecular weight excluding hydrogens is 312 g/mol. The van der Waals surface area contributed by atoms with Crippen LogP contribution in [0.5, 0.6) is 0 Å². The van der Waals surface area contributed by atoms with Crippen LogP contribution < -0.4 is 16.1 Å². The van der Waals surface area contributed by atoms with Crippen LogP contribution in [0.2, 0.25) is 0 Å². The van der Waals surface area contributed by atoms with Crippen LogP contribution in [0.1, 0.15) is 30.9 Å². The number of nitrogens with one attached hydrogen (secondary N) is 2. The summed E-state index contributed by atoms with van der Waals surface area (Å²) < 4.78 is 5.42. The molecule has 2 heterocycles. The number of carbonyl (C=O) groups excluding carboxylic acids is 3. The number of hydrogen-bond donors (Lipinski definition) is 2. The molecule has 7 nitrogen and oxygen atoms in total. The summed E-state index contributed by atoms with van der Waals surface area (Å²) >= 11 is 0. The molecule has 0 unspecified atom stereocenters.